The molecule has 2 atom stereocenters. The van der Waals surface area contributed by atoms with Crippen molar-refractivity contribution in [3.8, 4) is 0 Å². The maximum Gasteiger partial charge on any atom is 0.257 e. The van der Waals surface area contributed by atoms with Crippen molar-refractivity contribution in [2.75, 3.05) is 5.32 Å². The second-order valence-corrected chi connectivity index (χ2v) is 7.28. The molecule has 1 aromatic heterocycles. The molecule has 1 heterocycles. The minimum absolute atomic E-state index is 0.120. The molecule has 2 saturated carbocycles. The average Bonchev–Trinajstić information content (AvgIpc) is 3.43. The number of nitrogens with one attached hydrogen (secondary N) is 2. The predicted octanol–water partition coefficient (Wildman–Crippen LogP) is 2.71. The van der Waals surface area contributed by atoms with E-state index in [-0.39, 0.29) is 5.91 Å². The fourth-order valence-electron chi connectivity index (χ4n) is 2.73. The average molecular weight is 314 g/mol. The van der Waals surface area contributed by atoms with Crippen LogP contribution in [0.4, 0.5) is 5.13 Å². The third kappa shape index (κ3) is 3.03. The molecular weight excluding hydrogens is 296 g/mol. The van der Waals surface area contributed by atoms with Crippen molar-refractivity contribution in [3.63, 3.8) is 0 Å². The van der Waals surface area contributed by atoms with Crippen molar-refractivity contribution >= 4 is 22.4 Å². The molecule has 0 radical (unpaired) electrons. The van der Waals surface area contributed by atoms with Crippen molar-refractivity contribution in [2.24, 2.45) is 0 Å². The summed E-state index contributed by atoms with van der Waals surface area (Å²) in [5.74, 6) is 0.433. The summed E-state index contributed by atoms with van der Waals surface area (Å²) in [6.45, 7) is 1.87. The molecule has 2 N–H and O–H groups in total. The molecule has 0 aliphatic heterocycles. The lowest BCUT2D eigenvalue weighted by atomic mass is 10.1. The topological polar surface area (TPSA) is 66.9 Å². The third-order valence-corrected chi connectivity index (χ3v) is 4.90. The number of anilines is 1. The van der Waals surface area contributed by atoms with E-state index in [0.717, 1.165) is 11.0 Å². The van der Waals surface area contributed by atoms with Gasteiger partial charge in [0, 0.05) is 23.6 Å². The lowest BCUT2D eigenvalue weighted by molar-refractivity contribution is 0.102. The maximum atomic E-state index is 12.3. The van der Waals surface area contributed by atoms with Crippen molar-refractivity contribution in [1.82, 2.24) is 15.5 Å². The van der Waals surface area contributed by atoms with Gasteiger partial charge in [-0.05, 0) is 43.9 Å². The van der Waals surface area contributed by atoms with Crippen LogP contribution in [0.3, 0.4) is 0 Å². The van der Waals surface area contributed by atoms with Crippen molar-refractivity contribution in [1.29, 1.82) is 0 Å². The number of carbonyl (C=O) groups is 1. The Balaban J connectivity index is 1.43. The highest BCUT2D eigenvalue weighted by atomic mass is 32.1. The third-order valence-electron chi connectivity index (χ3n) is 4.14. The van der Waals surface area contributed by atoms with Gasteiger partial charge in [0.25, 0.3) is 5.91 Å². The Labute approximate surface area is 133 Å². The number of hydrogen-bond donors (Lipinski definition) is 2. The molecule has 5 nitrogen and oxygen atoms in total. The minimum atomic E-state index is -0.120. The number of aryl methyl sites for hydroxylation is 1. The predicted molar refractivity (Wildman–Crippen MR) is 86.3 cm³/mol. The van der Waals surface area contributed by atoms with Crippen LogP contribution in [0.15, 0.2) is 24.3 Å². The zero-order valence-corrected chi connectivity index (χ0v) is 13.2. The smallest absolute Gasteiger partial charge is 0.257 e. The monoisotopic (exact) mass is 314 g/mol. The van der Waals surface area contributed by atoms with Gasteiger partial charge in [-0.2, -0.15) is 0 Å². The van der Waals surface area contributed by atoms with Crippen molar-refractivity contribution in [3.05, 3.63) is 40.4 Å². The molecule has 0 unspecified atom stereocenters. The summed E-state index contributed by atoms with van der Waals surface area (Å²) >= 11 is 1.38. The van der Waals surface area contributed by atoms with Gasteiger partial charge >= 0.3 is 0 Å². The SMILES string of the molecule is Cc1nnc(NC(=O)c2cccc([C@@H]3C[C@H]3NC3CC3)c2)s1. The first-order valence-corrected chi connectivity index (χ1v) is 8.48. The number of nitrogens with zero attached hydrogens (tertiary/aromatic N) is 2. The van der Waals surface area contributed by atoms with Crippen LogP contribution < -0.4 is 10.6 Å². The van der Waals surface area contributed by atoms with E-state index in [1.54, 1.807) is 0 Å². The molecule has 2 aromatic rings. The Hall–Kier alpha value is -1.79. The molecule has 2 fully saturated rings. The van der Waals surface area contributed by atoms with Crippen LogP contribution in [0.1, 0.15) is 46.1 Å². The molecule has 4 rings (SSSR count). The van der Waals surface area contributed by atoms with E-state index in [4.69, 9.17) is 0 Å². The highest BCUT2D eigenvalue weighted by Gasteiger charge is 2.41. The Kier molecular flexibility index (Phi) is 3.43. The second kappa shape index (κ2) is 5.44. The number of carbonyl (C=O) groups excluding carboxylic acids is 1. The van der Waals surface area contributed by atoms with Gasteiger partial charge in [0.05, 0.1) is 0 Å². The summed E-state index contributed by atoms with van der Waals surface area (Å²) in [6.07, 6.45) is 3.80. The summed E-state index contributed by atoms with van der Waals surface area (Å²) in [5, 5.41) is 15.7. The van der Waals surface area contributed by atoms with Crippen LogP contribution in [0.5, 0.6) is 0 Å². The van der Waals surface area contributed by atoms with Gasteiger partial charge in [-0.1, -0.05) is 23.5 Å². The van der Waals surface area contributed by atoms with Crippen LogP contribution in [0.25, 0.3) is 0 Å². The zero-order chi connectivity index (χ0) is 15.1. The van der Waals surface area contributed by atoms with Crippen molar-refractivity contribution in [2.45, 2.75) is 44.2 Å². The van der Waals surface area contributed by atoms with Gasteiger partial charge in [-0.3, -0.25) is 10.1 Å². The van der Waals surface area contributed by atoms with Crippen LogP contribution >= 0.6 is 11.3 Å². The quantitative estimate of drug-likeness (QED) is 0.890. The highest BCUT2D eigenvalue weighted by molar-refractivity contribution is 7.15. The summed E-state index contributed by atoms with van der Waals surface area (Å²) in [7, 11) is 0. The van der Waals surface area contributed by atoms with Gasteiger partial charge in [-0.15, -0.1) is 10.2 Å². The highest BCUT2D eigenvalue weighted by Crippen LogP contribution is 2.42. The van der Waals surface area contributed by atoms with E-state index in [0.29, 0.717) is 22.7 Å². The maximum absolute atomic E-state index is 12.3. The number of benzene rings is 1. The summed E-state index contributed by atoms with van der Waals surface area (Å²) < 4.78 is 0. The van der Waals surface area contributed by atoms with E-state index >= 15 is 0 Å². The molecule has 22 heavy (non-hydrogen) atoms. The van der Waals surface area contributed by atoms with Gasteiger partial charge in [0.15, 0.2) is 0 Å². The summed E-state index contributed by atoms with van der Waals surface area (Å²) in [6, 6.07) is 9.26. The molecule has 1 amide bonds. The fraction of sp³-hybridized carbons (Fsp3) is 0.438. The normalized spacial score (nSPS) is 23.3. The van der Waals surface area contributed by atoms with E-state index in [1.807, 2.05) is 25.1 Å². The zero-order valence-electron chi connectivity index (χ0n) is 12.4. The van der Waals surface area contributed by atoms with Crippen LogP contribution in [-0.4, -0.2) is 28.2 Å². The van der Waals surface area contributed by atoms with E-state index < -0.39 is 0 Å². The van der Waals surface area contributed by atoms with Crippen LogP contribution in [0.2, 0.25) is 0 Å². The minimum Gasteiger partial charge on any atom is -0.311 e. The Morgan fingerprint density at radius 3 is 2.91 bits per heavy atom. The molecule has 0 bridgehead atoms. The first-order valence-electron chi connectivity index (χ1n) is 7.66. The van der Waals surface area contributed by atoms with Gasteiger partial charge in [0.2, 0.25) is 5.13 Å². The molecule has 1 aromatic carbocycles. The molecular formula is C16H18N4OS. The molecule has 0 spiro atoms. The first-order chi connectivity index (χ1) is 10.7. The van der Waals surface area contributed by atoms with E-state index in [2.05, 4.69) is 26.9 Å². The molecule has 6 heteroatoms. The number of rotatable bonds is 5. The molecule has 114 valence electrons. The largest absolute Gasteiger partial charge is 0.311 e. The first kappa shape index (κ1) is 13.8. The number of hydrogen-bond acceptors (Lipinski definition) is 5. The molecule has 2 aliphatic carbocycles. The van der Waals surface area contributed by atoms with Gasteiger partial charge in [-0.25, -0.2) is 0 Å². The Morgan fingerprint density at radius 1 is 1.32 bits per heavy atom. The lowest BCUT2D eigenvalue weighted by Gasteiger charge is -2.05. The standard InChI is InChI=1S/C16H18N4OS/c1-9-19-20-16(22-9)18-15(21)11-4-2-3-10(7-11)13-8-14(13)17-12-5-6-12/h2-4,7,12-14,17H,5-6,8H2,1H3,(H,18,20,21)/t13-,14+/m0/s1. The summed E-state index contributed by atoms with van der Waals surface area (Å²) in [5.41, 5.74) is 1.93. The molecule has 2 aliphatic rings. The second-order valence-electron chi connectivity index (χ2n) is 6.10. The van der Waals surface area contributed by atoms with Crippen molar-refractivity contribution < 1.29 is 4.79 Å². The lowest BCUT2D eigenvalue weighted by Crippen LogP contribution is -2.20. The van der Waals surface area contributed by atoms with E-state index in [9.17, 15) is 4.79 Å². The van der Waals surface area contributed by atoms with Gasteiger partial charge < -0.3 is 5.32 Å². The number of amides is 1. The number of aromatic nitrogens is 2. The van der Waals surface area contributed by atoms with Gasteiger partial charge in [0.1, 0.15) is 5.01 Å². The van der Waals surface area contributed by atoms with Crippen LogP contribution in [0, 0.1) is 6.92 Å². The Bertz CT molecular complexity index is 710. The summed E-state index contributed by atoms with van der Waals surface area (Å²) in [4.78, 5) is 12.3. The molecule has 0 saturated heterocycles. The fourth-order valence-corrected chi connectivity index (χ4v) is 3.31. The van der Waals surface area contributed by atoms with E-state index in [1.165, 1.54) is 36.2 Å². The van der Waals surface area contributed by atoms with Crippen LogP contribution in [-0.2, 0) is 0 Å². The Morgan fingerprint density at radius 2 is 2.18 bits per heavy atom.